The molecule has 1 unspecified atom stereocenters. The molecule has 0 radical (unpaired) electrons. The highest BCUT2D eigenvalue weighted by atomic mass is 33.1. The molecule has 2 aliphatic rings. The minimum absolute atomic E-state index is 0.0900. The molecule has 0 N–H and O–H groups in total. The van der Waals surface area contributed by atoms with Gasteiger partial charge in [-0.3, -0.25) is 0 Å². The van der Waals surface area contributed by atoms with Gasteiger partial charge in [0.2, 0.25) is 0 Å². The van der Waals surface area contributed by atoms with Gasteiger partial charge in [0.15, 0.2) is 5.55 Å². The van der Waals surface area contributed by atoms with Gasteiger partial charge in [-0.15, -0.1) is 0 Å². The maximum absolute atomic E-state index is 13.7. The fourth-order valence-corrected chi connectivity index (χ4v) is 8.64. The van der Waals surface area contributed by atoms with Crippen LogP contribution in [0.25, 0.3) is 0 Å². The Morgan fingerprint density at radius 2 is 2.07 bits per heavy atom. The first-order valence-corrected chi connectivity index (χ1v) is 10.4. The van der Waals surface area contributed by atoms with Crippen molar-refractivity contribution in [1.29, 1.82) is 0 Å². The maximum Gasteiger partial charge on any atom is 0.188 e. The van der Waals surface area contributed by atoms with Gasteiger partial charge in [0.1, 0.15) is 14.0 Å². The zero-order chi connectivity index (χ0) is 11.3. The monoisotopic (exact) mass is 268 g/mol. The van der Waals surface area contributed by atoms with Crippen LogP contribution >= 0.6 is 28.3 Å². The molecule has 0 aliphatic carbocycles. The Morgan fingerprint density at radius 1 is 1.53 bits per heavy atom. The summed E-state index contributed by atoms with van der Waals surface area (Å²) in [6, 6.07) is -0.324. The molecule has 2 nitrogen and oxygen atoms in total. The zero-order valence-corrected chi connectivity index (χ0v) is 11.6. The minimum atomic E-state index is -2.10. The van der Waals surface area contributed by atoms with E-state index in [1.165, 1.54) is 22.8 Å². The molecular formula is C8H15BFO2PS2. The number of hydrogen-bond acceptors (Lipinski definition) is 4. The first kappa shape index (κ1) is 12.3. The molecule has 3 atom stereocenters. The second-order valence-electron chi connectivity index (χ2n) is 4.44. The minimum Gasteiger partial charge on any atom is -0.376 e. The van der Waals surface area contributed by atoms with E-state index in [0.717, 1.165) is 0 Å². The lowest BCUT2D eigenvalue weighted by Gasteiger charge is -2.37. The van der Waals surface area contributed by atoms with Gasteiger partial charge >= 0.3 is 0 Å². The Kier molecular flexibility index (Phi) is 3.27. The highest BCUT2D eigenvalue weighted by Gasteiger charge is 2.54. The molecule has 2 aliphatic heterocycles. The molecule has 2 fully saturated rings. The van der Waals surface area contributed by atoms with Gasteiger partial charge in [-0.05, 0) is 0 Å². The van der Waals surface area contributed by atoms with E-state index in [-0.39, 0.29) is 11.9 Å². The number of halogens is 1. The molecule has 0 aromatic carbocycles. The van der Waals surface area contributed by atoms with E-state index in [9.17, 15) is 8.96 Å². The van der Waals surface area contributed by atoms with Crippen LogP contribution in [0.15, 0.2) is 0 Å². The smallest absolute Gasteiger partial charge is 0.188 e. The summed E-state index contributed by atoms with van der Waals surface area (Å²) in [5.41, 5.74) is -2.49. The van der Waals surface area contributed by atoms with Gasteiger partial charge in [0.25, 0.3) is 0 Å². The molecule has 2 saturated heterocycles. The number of ether oxygens (including phenoxy) is 1. The van der Waals surface area contributed by atoms with Gasteiger partial charge in [0, 0.05) is 24.1 Å². The topological polar surface area (TPSA) is 26.3 Å². The van der Waals surface area contributed by atoms with Crippen LogP contribution < -0.4 is 0 Å². The zero-order valence-electron chi connectivity index (χ0n) is 9.10. The SMILES string of the molecule is B[C@@H]1OC2(CSP(C)(=O)SC2)[C@H](C)C1F. The Morgan fingerprint density at radius 3 is 2.47 bits per heavy atom. The Hall–Kier alpha value is 0.885. The molecule has 7 heteroatoms. The lowest BCUT2D eigenvalue weighted by Crippen LogP contribution is -2.42. The lowest BCUT2D eigenvalue weighted by atomic mass is 9.85. The van der Waals surface area contributed by atoms with Gasteiger partial charge in [-0.25, -0.2) is 4.39 Å². The van der Waals surface area contributed by atoms with E-state index >= 15 is 0 Å². The number of alkyl halides is 1. The van der Waals surface area contributed by atoms with Crippen LogP contribution in [0.1, 0.15) is 6.92 Å². The summed E-state index contributed by atoms with van der Waals surface area (Å²) in [5, 5.41) is 0. The van der Waals surface area contributed by atoms with Crippen LogP contribution in [0.2, 0.25) is 0 Å². The molecule has 0 bridgehead atoms. The first-order valence-electron chi connectivity index (χ1n) is 5.05. The van der Waals surface area contributed by atoms with Crippen molar-refractivity contribution >= 4 is 36.2 Å². The molecular weight excluding hydrogens is 253 g/mol. The molecule has 2 heterocycles. The van der Waals surface area contributed by atoms with Crippen LogP contribution in [-0.4, -0.2) is 43.8 Å². The van der Waals surface area contributed by atoms with Gasteiger partial charge in [0.05, 0.1) is 11.6 Å². The summed E-state index contributed by atoms with van der Waals surface area (Å²) in [5.74, 6) is 1.24. The quantitative estimate of drug-likeness (QED) is 0.496. The van der Waals surface area contributed by atoms with Crippen molar-refractivity contribution in [3.8, 4) is 0 Å². The van der Waals surface area contributed by atoms with E-state index in [1.807, 2.05) is 6.92 Å². The molecule has 0 aromatic heterocycles. The predicted octanol–water partition coefficient (Wildman–Crippen LogP) is 1.99. The van der Waals surface area contributed by atoms with Crippen molar-refractivity contribution in [3.63, 3.8) is 0 Å². The third kappa shape index (κ3) is 2.15. The fourth-order valence-electron chi connectivity index (χ4n) is 2.10. The van der Waals surface area contributed by atoms with Gasteiger partial charge < -0.3 is 9.30 Å². The molecule has 1 spiro atoms. The largest absolute Gasteiger partial charge is 0.376 e. The molecule has 2 rings (SSSR count). The van der Waals surface area contributed by atoms with Gasteiger partial charge in [-0.1, -0.05) is 29.7 Å². The lowest BCUT2D eigenvalue weighted by molar-refractivity contribution is 0.00725. The maximum atomic E-state index is 13.7. The van der Waals surface area contributed by atoms with E-state index in [0.29, 0.717) is 11.5 Å². The molecule has 86 valence electrons. The van der Waals surface area contributed by atoms with E-state index in [2.05, 4.69) is 0 Å². The van der Waals surface area contributed by atoms with E-state index in [4.69, 9.17) is 4.74 Å². The Bertz CT molecular complexity index is 305. The highest BCUT2D eigenvalue weighted by Crippen LogP contribution is 2.71. The van der Waals surface area contributed by atoms with Crippen molar-refractivity contribution in [3.05, 3.63) is 0 Å². The summed E-state index contributed by atoms with van der Waals surface area (Å²) in [7, 11) is 1.78. The predicted molar refractivity (Wildman–Crippen MR) is 68.7 cm³/mol. The van der Waals surface area contributed by atoms with E-state index < -0.39 is 17.3 Å². The summed E-state index contributed by atoms with van der Waals surface area (Å²) >= 11 is 2.90. The fraction of sp³-hybridized carbons (Fsp3) is 1.00. The number of rotatable bonds is 0. The third-order valence-corrected chi connectivity index (χ3v) is 10.9. The van der Waals surface area contributed by atoms with E-state index in [1.54, 1.807) is 14.5 Å². The number of hydrogen-bond donors (Lipinski definition) is 0. The summed E-state index contributed by atoms with van der Waals surface area (Å²) < 4.78 is 31.3. The average Bonchev–Trinajstić information content (AvgIpc) is 2.38. The van der Waals surface area contributed by atoms with Crippen LogP contribution in [-0.2, 0) is 9.30 Å². The summed E-state index contributed by atoms with van der Waals surface area (Å²) in [6.07, 6.45) is -0.888. The van der Waals surface area contributed by atoms with Crippen LogP contribution in [0, 0.1) is 5.92 Å². The van der Waals surface area contributed by atoms with Crippen molar-refractivity contribution in [2.24, 2.45) is 5.92 Å². The normalized spacial score (nSPS) is 56.1. The Balaban J connectivity index is 2.14. The second-order valence-corrected chi connectivity index (χ2v) is 13.5. The van der Waals surface area contributed by atoms with Crippen molar-refractivity contribution in [1.82, 2.24) is 0 Å². The Labute approximate surface area is 98.7 Å². The third-order valence-electron chi connectivity index (χ3n) is 3.26. The van der Waals surface area contributed by atoms with Crippen LogP contribution in [0.4, 0.5) is 4.39 Å². The molecule has 0 amide bonds. The molecule has 0 aromatic rings. The summed E-state index contributed by atoms with van der Waals surface area (Å²) in [4.78, 5) is 0. The van der Waals surface area contributed by atoms with Crippen molar-refractivity contribution in [2.75, 3.05) is 18.2 Å². The summed E-state index contributed by atoms with van der Waals surface area (Å²) in [6.45, 7) is 3.69. The van der Waals surface area contributed by atoms with Gasteiger partial charge in [-0.2, -0.15) is 0 Å². The van der Waals surface area contributed by atoms with Crippen molar-refractivity contribution in [2.45, 2.75) is 24.7 Å². The standard InChI is InChI=1S/C8H15BFO2PS2/c1-5-6(10)7(9)12-8(5)3-14-13(2,11)15-4-8/h5-7H,3-4,9H2,1-2H3/t5-,6?,7-,8?,13?/m1/s1. The van der Waals surface area contributed by atoms with Crippen LogP contribution in [0.5, 0.6) is 0 Å². The first-order chi connectivity index (χ1) is 6.86. The van der Waals surface area contributed by atoms with Crippen molar-refractivity contribution < 1.29 is 13.7 Å². The average molecular weight is 268 g/mol. The second kappa shape index (κ2) is 3.97. The molecule has 15 heavy (non-hydrogen) atoms. The molecule has 0 saturated carbocycles. The highest BCUT2D eigenvalue weighted by molar-refractivity contribution is 8.90. The van der Waals surface area contributed by atoms with Crippen LogP contribution in [0.3, 0.4) is 0 Å².